The molecule has 0 aromatic carbocycles. The zero-order chi connectivity index (χ0) is 20.2. The van der Waals surface area contributed by atoms with Crippen molar-refractivity contribution in [2.45, 2.75) is 6.42 Å². The summed E-state index contributed by atoms with van der Waals surface area (Å²) in [4.78, 5) is 29.8. The SMILES string of the molecule is COc1ccc(-c2nccs2)nc1Nc1ccc(N2CCN(C)CCC2=O)cn1.Cl.Cl. The maximum atomic E-state index is 12.4. The molecule has 4 heterocycles. The highest BCUT2D eigenvalue weighted by Crippen LogP contribution is 2.30. The van der Waals surface area contributed by atoms with Crippen LogP contribution < -0.4 is 15.0 Å². The Kier molecular flexibility index (Phi) is 9.00. The molecule has 3 aromatic rings. The van der Waals surface area contributed by atoms with Gasteiger partial charge in [0.1, 0.15) is 16.5 Å². The number of rotatable bonds is 5. The Labute approximate surface area is 197 Å². The summed E-state index contributed by atoms with van der Waals surface area (Å²) in [6.07, 6.45) is 3.98. The third kappa shape index (κ3) is 5.82. The van der Waals surface area contributed by atoms with E-state index in [1.54, 1.807) is 24.4 Å². The van der Waals surface area contributed by atoms with E-state index < -0.39 is 0 Å². The fraction of sp³-hybridized carbons (Fsp3) is 0.300. The molecule has 1 fully saturated rings. The summed E-state index contributed by atoms with van der Waals surface area (Å²) in [5.74, 6) is 1.92. The Morgan fingerprint density at radius 2 is 1.94 bits per heavy atom. The molecule has 1 N–H and O–H groups in total. The van der Waals surface area contributed by atoms with Crippen molar-refractivity contribution in [1.82, 2.24) is 19.9 Å². The van der Waals surface area contributed by atoms with E-state index in [1.165, 1.54) is 11.3 Å². The predicted molar refractivity (Wildman–Crippen MR) is 128 cm³/mol. The Bertz CT molecular complexity index is 988. The van der Waals surface area contributed by atoms with Gasteiger partial charge in [-0.05, 0) is 31.3 Å². The third-order valence-corrected chi connectivity index (χ3v) is 5.54. The number of hydrogen-bond acceptors (Lipinski definition) is 8. The van der Waals surface area contributed by atoms with Crippen LogP contribution in [0.2, 0.25) is 0 Å². The van der Waals surface area contributed by atoms with Gasteiger partial charge in [0.25, 0.3) is 0 Å². The number of ether oxygens (including phenoxy) is 1. The summed E-state index contributed by atoms with van der Waals surface area (Å²) < 4.78 is 5.42. The number of pyridine rings is 2. The molecule has 8 nitrogen and oxygen atoms in total. The number of carbonyl (C=O) groups is 1. The number of amides is 1. The monoisotopic (exact) mass is 482 g/mol. The van der Waals surface area contributed by atoms with Gasteiger partial charge in [-0.25, -0.2) is 15.0 Å². The van der Waals surface area contributed by atoms with Gasteiger partial charge in [0, 0.05) is 37.6 Å². The molecule has 1 amide bonds. The van der Waals surface area contributed by atoms with Gasteiger partial charge < -0.3 is 19.9 Å². The zero-order valence-corrected chi connectivity index (χ0v) is 19.6. The van der Waals surface area contributed by atoms with Crippen LogP contribution in [0.5, 0.6) is 5.75 Å². The summed E-state index contributed by atoms with van der Waals surface area (Å²) in [6, 6.07) is 7.47. The second-order valence-corrected chi connectivity index (χ2v) is 7.60. The molecule has 11 heteroatoms. The fourth-order valence-corrected chi connectivity index (χ4v) is 3.72. The molecule has 3 aromatic heterocycles. The molecular weight excluding hydrogens is 459 g/mol. The van der Waals surface area contributed by atoms with E-state index in [2.05, 4.69) is 25.2 Å². The number of halogens is 2. The first-order valence-corrected chi connectivity index (χ1v) is 10.2. The van der Waals surface area contributed by atoms with Crippen molar-refractivity contribution in [3.05, 3.63) is 42.0 Å². The second-order valence-electron chi connectivity index (χ2n) is 6.71. The Balaban J connectivity index is 0.00000171. The van der Waals surface area contributed by atoms with Crippen LogP contribution in [0.3, 0.4) is 0 Å². The zero-order valence-electron chi connectivity index (χ0n) is 17.1. The lowest BCUT2D eigenvalue weighted by atomic mass is 10.3. The molecular formula is C20H24Cl2N6O2S. The minimum atomic E-state index is 0. The summed E-state index contributed by atoms with van der Waals surface area (Å²) in [5, 5.41) is 5.95. The number of carbonyl (C=O) groups excluding carboxylic acids is 1. The van der Waals surface area contributed by atoms with Crippen molar-refractivity contribution in [2.24, 2.45) is 0 Å². The smallest absolute Gasteiger partial charge is 0.228 e. The molecule has 31 heavy (non-hydrogen) atoms. The van der Waals surface area contributed by atoms with Crippen molar-refractivity contribution in [3.63, 3.8) is 0 Å². The largest absolute Gasteiger partial charge is 0.493 e. The van der Waals surface area contributed by atoms with E-state index >= 15 is 0 Å². The molecule has 4 rings (SSSR count). The number of anilines is 3. The van der Waals surface area contributed by atoms with Crippen LogP contribution in [0.1, 0.15) is 6.42 Å². The summed E-state index contributed by atoms with van der Waals surface area (Å²) in [6.45, 7) is 2.29. The number of nitrogens with one attached hydrogen (secondary N) is 1. The second kappa shape index (κ2) is 11.2. The highest BCUT2D eigenvalue weighted by molar-refractivity contribution is 7.13. The maximum absolute atomic E-state index is 12.4. The van der Waals surface area contributed by atoms with E-state index in [0.29, 0.717) is 30.4 Å². The van der Waals surface area contributed by atoms with Crippen LogP contribution in [0.25, 0.3) is 10.7 Å². The molecule has 0 aliphatic carbocycles. The molecule has 0 bridgehead atoms. The number of thiazole rings is 1. The Morgan fingerprint density at radius 1 is 1.10 bits per heavy atom. The first-order chi connectivity index (χ1) is 14.1. The molecule has 0 atom stereocenters. The summed E-state index contributed by atoms with van der Waals surface area (Å²) in [5.41, 5.74) is 1.56. The number of hydrogen-bond donors (Lipinski definition) is 1. The van der Waals surface area contributed by atoms with Crippen molar-refractivity contribution in [2.75, 3.05) is 44.0 Å². The molecule has 1 aliphatic heterocycles. The lowest BCUT2D eigenvalue weighted by Gasteiger charge is -2.20. The predicted octanol–water partition coefficient (Wildman–Crippen LogP) is 3.86. The van der Waals surface area contributed by atoms with Gasteiger partial charge in [-0.15, -0.1) is 36.2 Å². The van der Waals surface area contributed by atoms with Crippen molar-refractivity contribution < 1.29 is 9.53 Å². The van der Waals surface area contributed by atoms with Crippen LogP contribution in [-0.2, 0) is 4.79 Å². The van der Waals surface area contributed by atoms with Gasteiger partial charge in [0.05, 0.1) is 19.0 Å². The van der Waals surface area contributed by atoms with Crippen LogP contribution in [-0.4, -0.2) is 59.6 Å². The lowest BCUT2D eigenvalue weighted by Crippen LogP contribution is -2.32. The van der Waals surface area contributed by atoms with E-state index in [-0.39, 0.29) is 30.7 Å². The average Bonchev–Trinajstić information content (AvgIpc) is 3.22. The topological polar surface area (TPSA) is 83.5 Å². The molecule has 1 aliphatic rings. The van der Waals surface area contributed by atoms with Gasteiger partial charge in [-0.3, -0.25) is 4.79 Å². The first-order valence-electron chi connectivity index (χ1n) is 9.31. The van der Waals surface area contributed by atoms with E-state index in [1.807, 2.05) is 36.7 Å². The van der Waals surface area contributed by atoms with Crippen LogP contribution in [0.4, 0.5) is 17.3 Å². The van der Waals surface area contributed by atoms with Crippen LogP contribution in [0, 0.1) is 0 Å². The van der Waals surface area contributed by atoms with Gasteiger partial charge >= 0.3 is 0 Å². The molecule has 0 unspecified atom stereocenters. The van der Waals surface area contributed by atoms with Gasteiger partial charge in [0.15, 0.2) is 11.6 Å². The molecule has 0 spiro atoms. The molecule has 166 valence electrons. The number of methoxy groups -OCH3 is 1. The average molecular weight is 483 g/mol. The first kappa shape index (κ1) is 24.8. The Morgan fingerprint density at radius 3 is 2.61 bits per heavy atom. The quantitative estimate of drug-likeness (QED) is 0.590. The minimum absolute atomic E-state index is 0. The van der Waals surface area contributed by atoms with Crippen molar-refractivity contribution in [1.29, 1.82) is 0 Å². The highest BCUT2D eigenvalue weighted by Gasteiger charge is 2.20. The van der Waals surface area contributed by atoms with Gasteiger partial charge in [0.2, 0.25) is 5.91 Å². The van der Waals surface area contributed by atoms with E-state index in [9.17, 15) is 4.79 Å². The van der Waals surface area contributed by atoms with Crippen LogP contribution >= 0.6 is 36.2 Å². The van der Waals surface area contributed by atoms with Crippen molar-refractivity contribution >= 4 is 59.4 Å². The molecule has 1 saturated heterocycles. The molecule has 0 radical (unpaired) electrons. The number of nitrogens with zero attached hydrogens (tertiary/aromatic N) is 5. The lowest BCUT2D eigenvalue weighted by molar-refractivity contribution is -0.118. The third-order valence-electron chi connectivity index (χ3n) is 4.75. The standard InChI is InChI=1S/C20H22N6O2S.2ClH/c1-25-9-7-18(27)26(11-10-25)14-3-6-17(22-13-14)24-19-16(28-2)5-4-15(23-19)20-21-8-12-29-20;;/h3-6,8,12-13H,7,9-11H2,1-2H3,(H,22,23,24);2*1H. The molecule has 0 saturated carbocycles. The highest BCUT2D eigenvalue weighted by atomic mass is 35.5. The number of likely N-dealkylation sites (N-methyl/N-ethyl adjacent to an activating group) is 1. The summed E-state index contributed by atoms with van der Waals surface area (Å²) in [7, 11) is 3.63. The Hall–Kier alpha value is -2.46. The van der Waals surface area contributed by atoms with Gasteiger partial charge in [-0.2, -0.15) is 0 Å². The number of aromatic nitrogens is 3. The maximum Gasteiger partial charge on any atom is 0.228 e. The van der Waals surface area contributed by atoms with E-state index in [4.69, 9.17) is 4.74 Å². The van der Waals surface area contributed by atoms with Gasteiger partial charge in [-0.1, -0.05) is 0 Å². The fourth-order valence-electron chi connectivity index (χ4n) is 3.11. The van der Waals surface area contributed by atoms with Crippen molar-refractivity contribution in [3.8, 4) is 16.5 Å². The summed E-state index contributed by atoms with van der Waals surface area (Å²) >= 11 is 1.53. The normalized spacial score (nSPS) is 14.3. The minimum Gasteiger partial charge on any atom is -0.493 e. The van der Waals surface area contributed by atoms with E-state index in [0.717, 1.165) is 29.5 Å². The van der Waals surface area contributed by atoms with Crippen LogP contribution in [0.15, 0.2) is 42.0 Å².